The molecule has 2 unspecified atom stereocenters. The van der Waals surface area contributed by atoms with Crippen LogP contribution in [0.2, 0.25) is 0 Å². The Morgan fingerprint density at radius 1 is 0.852 bits per heavy atom. The highest BCUT2D eigenvalue weighted by atomic mass is 16.5. The molecule has 0 aliphatic rings. The summed E-state index contributed by atoms with van der Waals surface area (Å²) in [4.78, 5) is 35.1. The van der Waals surface area contributed by atoms with E-state index >= 15 is 0 Å². The molecule has 6 heteroatoms. The van der Waals surface area contributed by atoms with E-state index in [1.165, 1.54) is 14.2 Å². The van der Waals surface area contributed by atoms with E-state index in [0.717, 1.165) is 0 Å². The zero-order valence-corrected chi connectivity index (χ0v) is 13.7. The van der Waals surface area contributed by atoms with E-state index in [2.05, 4.69) is 0 Å². The molecule has 0 heterocycles. The lowest BCUT2D eigenvalue weighted by Gasteiger charge is -2.31. The molecule has 1 N–H and O–H groups in total. The number of aliphatic carboxylic acids is 1. The van der Waals surface area contributed by atoms with Crippen molar-refractivity contribution in [3.63, 3.8) is 0 Å². The van der Waals surface area contributed by atoms with Gasteiger partial charge in [-0.1, -0.05) is 51.5 Å². The van der Waals surface area contributed by atoms with Gasteiger partial charge in [0.1, 0.15) is 0 Å². The third-order valence-corrected chi connectivity index (χ3v) is 4.03. The molecule has 0 rings (SSSR count). The average Bonchev–Trinajstić information content (AvgIpc) is 2.43. The molecule has 0 aliphatic heterocycles. The van der Waals surface area contributed by atoms with Gasteiger partial charge in [-0.2, -0.15) is 0 Å². The number of carbonyl (C=O) groups excluding carboxylic acids is 2. The van der Waals surface area contributed by atoms with Crippen molar-refractivity contribution in [2.45, 2.75) is 91.5 Å². The summed E-state index contributed by atoms with van der Waals surface area (Å²) in [5.74, 6) is -2.59. The molecular weight excluding hydrogens is 348 g/mol. The Morgan fingerprint density at radius 2 is 1.26 bits per heavy atom. The molecule has 0 saturated heterocycles. The van der Waals surface area contributed by atoms with E-state index in [1.807, 2.05) is 6.92 Å². The van der Waals surface area contributed by atoms with E-state index in [4.69, 9.17) is 9.47 Å². The summed E-state index contributed by atoms with van der Waals surface area (Å²) in [6.07, 6.45) is 0.780. The van der Waals surface area contributed by atoms with Crippen molar-refractivity contribution in [2.24, 2.45) is 16.7 Å². The van der Waals surface area contributed by atoms with Crippen LogP contribution < -0.4 is 0 Å². The number of ether oxygens (including phenoxy) is 2. The van der Waals surface area contributed by atoms with Crippen LogP contribution in [0.1, 0.15) is 91.5 Å². The van der Waals surface area contributed by atoms with Gasteiger partial charge in [-0.3, -0.25) is 14.4 Å². The lowest BCUT2D eigenvalue weighted by atomic mass is 9.73. The molecule has 2 atom stereocenters. The number of esters is 2. The van der Waals surface area contributed by atoms with Crippen molar-refractivity contribution in [3.8, 4) is 0 Å². The van der Waals surface area contributed by atoms with Gasteiger partial charge >= 0.3 is 17.9 Å². The maximum absolute atomic E-state index is 11.9. The van der Waals surface area contributed by atoms with Gasteiger partial charge in [-0.15, -0.1) is 0 Å². The Labute approximate surface area is 170 Å². The Hall–Kier alpha value is -1.59. The van der Waals surface area contributed by atoms with Crippen LogP contribution in [0.4, 0.5) is 0 Å². The summed E-state index contributed by atoms with van der Waals surface area (Å²) in [5, 5.41) is 9.21. The first-order chi connectivity index (χ1) is 9.54. The van der Waals surface area contributed by atoms with E-state index < -0.39 is 34.7 Å². The summed E-state index contributed by atoms with van der Waals surface area (Å²) in [5.41, 5.74) is -1.92. The van der Waals surface area contributed by atoms with E-state index in [1.54, 1.807) is 20.8 Å². The Kier molecular flexibility index (Phi) is 29.5. The maximum atomic E-state index is 11.9. The van der Waals surface area contributed by atoms with Crippen molar-refractivity contribution in [3.05, 3.63) is 0 Å². The summed E-state index contributed by atoms with van der Waals surface area (Å²) < 4.78 is 9.55. The highest BCUT2D eigenvalue weighted by Crippen LogP contribution is 2.37. The van der Waals surface area contributed by atoms with Gasteiger partial charge in [0.25, 0.3) is 0 Å². The molecule has 170 valence electrons. The van der Waals surface area contributed by atoms with E-state index in [-0.39, 0.29) is 57.4 Å². The SMILES string of the molecule is C.C.C.C.C.C.CCC(C)(CC(CC(C)(C)C(=O)O)C(=O)OC)C(=O)OC. The Balaban J connectivity index is -0.000000133. The average molecular weight is 399 g/mol. The lowest BCUT2D eigenvalue weighted by Crippen LogP contribution is -2.37. The van der Waals surface area contributed by atoms with Crippen LogP contribution in [0.25, 0.3) is 0 Å². The minimum Gasteiger partial charge on any atom is -0.481 e. The second-order valence-electron chi connectivity index (χ2n) is 6.22. The fourth-order valence-electron chi connectivity index (χ4n) is 2.27. The maximum Gasteiger partial charge on any atom is 0.311 e. The molecule has 0 spiro atoms. The number of hydrogen-bond acceptors (Lipinski definition) is 5. The third-order valence-electron chi connectivity index (χ3n) is 4.03. The highest BCUT2D eigenvalue weighted by molar-refractivity contribution is 5.79. The van der Waals surface area contributed by atoms with Crippen molar-refractivity contribution in [1.82, 2.24) is 0 Å². The summed E-state index contributed by atoms with van der Waals surface area (Å²) >= 11 is 0. The molecular formula is C21H50O6. The van der Waals surface area contributed by atoms with Gasteiger partial charge in [-0.25, -0.2) is 0 Å². The molecule has 6 nitrogen and oxygen atoms in total. The molecule has 0 aromatic carbocycles. The van der Waals surface area contributed by atoms with Gasteiger partial charge in [0, 0.05) is 0 Å². The topological polar surface area (TPSA) is 89.9 Å². The van der Waals surface area contributed by atoms with Crippen LogP contribution in [0.15, 0.2) is 0 Å². The van der Waals surface area contributed by atoms with Gasteiger partial charge < -0.3 is 14.6 Å². The predicted octanol–water partition coefficient (Wildman–Crippen LogP) is 6.07. The quantitative estimate of drug-likeness (QED) is 0.499. The largest absolute Gasteiger partial charge is 0.481 e. The number of carboxylic acids is 1. The van der Waals surface area contributed by atoms with Gasteiger partial charge in [0.2, 0.25) is 0 Å². The van der Waals surface area contributed by atoms with Gasteiger partial charge in [0.05, 0.1) is 31.0 Å². The van der Waals surface area contributed by atoms with Crippen molar-refractivity contribution in [1.29, 1.82) is 0 Å². The summed E-state index contributed by atoms with van der Waals surface area (Å²) in [6.45, 7) is 6.63. The first-order valence-electron chi connectivity index (χ1n) is 6.93. The number of carbonyl (C=O) groups is 3. The number of methoxy groups -OCH3 is 2. The normalized spacial score (nSPS) is 12.2. The first-order valence-corrected chi connectivity index (χ1v) is 6.93. The van der Waals surface area contributed by atoms with Crippen LogP contribution in [0.3, 0.4) is 0 Å². The Bertz CT molecular complexity index is 403. The van der Waals surface area contributed by atoms with Crippen LogP contribution in [-0.2, 0) is 23.9 Å². The number of rotatable bonds is 8. The molecule has 0 radical (unpaired) electrons. The zero-order valence-electron chi connectivity index (χ0n) is 13.7. The fourth-order valence-corrected chi connectivity index (χ4v) is 2.27. The molecule has 0 amide bonds. The molecule has 0 bridgehead atoms. The fraction of sp³-hybridized carbons (Fsp3) is 0.857. The van der Waals surface area contributed by atoms with Crippen molar-refractivity contribution in [2.75, 3.05) is 14.2 Å². The number of carboxylic acid groups (broad SMARTS) is 1. The molecule has 0 saturated carbocycles. The van der Waals surface area contributed by atoms with Crippen LogP contribution in [-0.4, -0.2) is 37.2 Å². The Morgan fingerprint density at radius 3 is 1.52 bits per heavy atom. The zero-order chi connectivity index (χ0) is 16.8. The monoisotopic (exact) mass is 398 g/mol. The van der Waals surface area contributed by atoms with Gasteiger partial charge in [-0.05, 0) is 40.0 Å². The lowest BCUT2D eigenvalue weighted by molar-refractivity contribution is -0.157. The van der Waals surface area contributed by atoms with Crippen LogP contribution >= 0.6 is 0 Å². The number of hydrogen-bond donors (Lipinski definition) is 1. The molecule has 27 heavy (non-hydrogen) atoms. The molecule has 0 aromatic heterocycles. The van der Waals surface area contributed by atoms with E-state index in [0.29, 0.717) is 6.42 Å². The standard InChI is InChI=1S/C15H26O6.6CH4/c1-7-15(4,13(19)21-6)9-10(11(16)20-5)8-14(2,3)12(17)18;;;;;;/h10H,7-9H2,1-6H3,(H,17,18);6*1H4. The van der Waals surface area contributed by atoms with Crippen LogP contribution in [0, 0.1) is 16.7 Å². The van der Waals surface area contributed by atoms with Crippen LogP contribution in [0.5, 0.6) is 0 Å². The summed E-state index contributed by atoms with van der Waals surface area (Å²) in [6, 6.07) is 0. The minimum atomic E-state index is -1.08. The molecule has 0 aromatic rings. The third kappa shape index (κ3) is 12.4. The van der Waals surface area contributed by atoms with Crippen molar-refractivity contribution >= 4 is 17.9 Å². The minimum absolute atomic E-state index is 0. The molecule has 0 fully saturated rings. The second kappa shape index (κ2) is 17.8. The first kappa shape index (κ1) is 44.7. The van der Waals surface area contributed by atoms with Crippen molar-refractivity contribution < 1.29 is 29.0 Å². The summed E-state index contributed by atoms with van der Waals surface area (Å²) in [7, 11) is 2.55. The smallest absolute Gasteiger partial charge is 0.311 e. The highest BCUT2D eigenvalue weighted by Gasteiger charge is 2.41. The van der Waals surface area contributed by atoms with Gasteiger partial charge in [0.15, 0.2) is 0 Å². The van der Waals surface area contributed by atoms with E-state index in [9.17, 15) is 19.5 Å². The predicted molar refractivity (Wildman–Crippen MR) is 117 cm³/mol. The second-order valence-corrected chi connectivity index (χ2v) is 6.22. The molecule has 0 aliphatic carbocycles.